The van der Waals surface area contributed by atoms with Crippen molar-refractivity contribution < 1.29 is 13.6 Å². The van der Waals surface area contributed by atoms with Crippen molar-refractivity contribution in [2.45, 2.75) is 43.2 Å². The summed E-state index contributed by atoms with van der Waals surface area (Å²) >= 11 is 1.29. The van der Waals surface area contributed by atoms with Crippen LogP contribution in [0, 0.1) is 11.3 Å². The van der Waals surface area contributed by atoms with Gasteiger partial charge in [0.1, 0.15) is 34.4 Å². The molecule has 5 rings (SSSR count). The second kappa shape index (κ2) is 8.44. The number of thioether (sulfide) groups is 1. The van der Waals surface area contributed by atoms with Crippen LogP contribution >= 0.6 is 11.8 Å². The van der Waals surface area contributed by atoms with Gasteiger partial charge in [-0.05, 0) is 61.6 Å². The maximum absolute atomic E-state index is 13.1. The summed E-state index contributed by atoms with van der Waals surface area (Å²) in [5.74, 6) is 1.28. The van der Waals surface area contributed by atoms with Gasteiger partial charge in [0.2, 0.25) is 0 Å². The van der Waals surface area contributed by atoms with Gasteiger partial charge in [-0.15, -0.1) is 0 Å². The molecular weight excluding hydrogens is 412 g/mol. The number of nitriles is 1. The summed E-state index contributed by atoms with van der Waals surface area (Å²) in [6, 6.07) is 11.1. The van der Waals surface area contributed by atoms with Crippen molar-refractivity contribution >= 4 is 23.4 Å². The summed E-state index contributed by atoms with van der Waals surface area (Å²) in [7, 11) is 0. The monoisotopic (exact) mass is 432 g/mol. The number of nitrogens with zero attached hydrogens (tertiary/aromatic N) is 4. The maximum atomic E-state index is 13.1. The van der Waals surface area contributed by atoms with Crippen LogP contribution in [0.25, 0.3) is 0 Å². The topological polar surface area (TPSA) is 95.6 Å². The number of aromatic nitrogens is 1. The van der Waals surface area contributed by atoms with E-state index in [9.17, 15) is 10.1 Å². The van der Waals surface area contributed by atoms with Gasteiger partial charge in [-0.2, -0.15) is 10.4 Å². The summed E-state index contributed by atoms with van der Waals surface area (Å²) < 4.78 is 11.0. The number of fused-ring (bicyclic) bond motifs is 1. The number of aryl methyl sites for hydroxylation is 2. The van der Waals surface area contributed by atoms with Crippen LogP contribution < -0.4 is 0 Å². The Labute approximate surface area is 183 Å². The fourth-order valence-electron chi connectivity index (χ4n) is 4.04. The third kappa shape index (κ3) is 3.89. The lowest BCUT2D eigenvalue weighted by molar-refractivity contribution is -0.130. The molecule has 3 aromatic rings. The quantitative estimate of drug-likeness (QED) is 0.551. The van der Waals surface area contributed by atoms with Gasteiger partial charge in [0.15, 0.2) is 0 Å². The van der Waals surface area contributed by atoms with Crippen molar-refractivity contribution in [1.82, 2.24) is 9.99 Å². The predicted octanol–water partition coefficient (Wildman–Crippen LogP) is 4.49. The molecule has 0 saturated heterocycles. The molecule has 1 amide bonds. The smallest absolute Gasteiger partial charge is 0.253 e. The number of pyridine rings is 1. The Morgan fingerprint density at radius 1 is 1.23 bits per heavy atom. The molecule has 1 unspecified atom stereocenters. The number of hydrogen-bond acceptors (Lipinski definition) is 7. The SMILES string of the molecule is N#Cc1cc2c(nc1SCC(=O)N1N=C(c3ccco3)CC1c1ccco1)CCCC2. The van der Waals surface area contributed by atoms with E-state index < -0.39 is 0 Å². The Hall–Kier alpha value is -3.31. The van der Waals surface area contributed by atoms with Gasteiger partial charge < -0.3 is 8.83 Å². The summed E-state index contributed by atoms with van der Waals surface area (Å²) in [5, 5.41) is 16.2. The molecule has 1 aliphatic heterocycles. The number of hydrazone groups is 1. The lowest BCUT2D eigenvalue weighted by Gasteiger charge is -2.20. The zero-order valence-corrected chi connectivity index (χ0v) is 17.6. The number of amides is 1. The molecule has 7 nitrogen and oxygen atoms in total. The van der Waals surface area contributed by atoms with Crippen LogP contribution in [0.3, 0.4) is 0 Å². The molecule has 3 aromatic heterocycles. The standard InChI is InChI=1S/C23H20N4O3S/c24-13-16-11-15-5-1-2-6-17(15)25-23(16)31-14-22(28)27-19(21-8-4-10-30-21)12-18(26-27)20-7-3-9-29-20/h3-4,7-11,19H,1-2,5-6,12,14H2. The van der Waals surface area contributed by atoms with E-state index >= 15 is 0 Å². The highest BCUT2D eigenvalue weighted by atomic mass is 32.2. The van der Waals surface area contributed by atoms with Crippen molar-refractivity contribution in [2.75, 3.05) is 5.75 Å². The first kappa shape index (κ1) is 19.6. The number of carbonyl (C=O) groups excluding carboxylic acids is 1. The van der Waals surface area contributed by atoms with E-state index in [1.165, 1.54) is 16.8 Å². The second-order valence-corrected chi connectivity index (χ2v) is 8.52. The van der Waals surface area contributed by atoms with Crippen molar-refractivity contribution in [3.63, 3.8) is 0 Å². The van der Waals surface area contributed by atoms with E-state index in [4.69, 9.17) is 13.8 Å². The number of carbonyl (C=O) groups is 1. The van der Waals surface area contributed by atoms with Crippen LogP contribution in [-0.4, -0.2) is 27.4 Å². The fourth-order valence-corrected chi connectivity index (χ4v) is 4.86. The Bertz CT molecular complexity index is 1160. The maximum Gasteiger partial charge on any atom is 0.253 e. The van der Waals surface area contributed by atoms with Crippen LogP contribution in [-0.2, 0) is 17.6 Å². The zero-order chi connectivity index (χ0) is 21.2. The number of furan rings is 2. The lowest BCUT2D eigenvalue weighted by Crippen LogP contribution is -2.28. The average molecular weight is 433 g/mol. The van der Waals surface area contributed by atoms with Crippen LogP contribution in [0.15, 0.2) is 61.8 Å². The molecule has 0 fully saturated rings. The van der Waals surface area contributed by atoms with E-state index in [1.54, 1.807) is 24.7 Å². The number of rotatable bonds is 5. The van der Waals surface area contributed by atoms with E-state index in [2.05, 4.69) is 11.2 Å². The van der Waals surface area contributed by atoms with Gasteiger partial charge in [0.25, 0.3) is 5.91 Å². The predicted molar refractivity (Wildman–Crippen MR) is 114 cm³/mol. The van der Waals surface area contributed by atoms with Gasteiger partial charge in [-0.3, -0.25) is 4.79 Å². The molecule has 0 spiro atoms. The minimum Gasteiger partial charge on any atom is -0.467 e. The summed E-state index contributed by atoms with van der Waals surface area (Å²) in [4.78, 5) is 17.9. The summed E-state index contributed by atoms with van der Waals surface area (Å²) in [6.07, 6.45) is 7.81. The van der Waals surface area contributed by atoms with Crippen LogP contribution in [0.1, 0.15) is 53.6 Å². The van der Waals surface area contributed by atoms with E-state index in [1.807, 2.05) is 18.2 Å². The molecular formula is C23H20N4O3S. The summed E-state index contributed by atoms with van der Waals surface area (Å²) in [6.45, 7) is 0. The Balaban J connectivity index is 1.37. The van der Waals surface area contributed by atoms with E-state index in [0.29, 0.717) is 34.2 Å². The first-order valence-electron chi connectivity index (χ1n) is 10.3. The Morgan fingerprint density at radius 2 is 2.06 bits per heavy atom. The van der Waals surface area contributed by atoms with Crippen molar-refractivity contribution in [3.05, 3.63) is 71.2 Å². The molecule has 1 aliphatic carbocycles. The average Bonchev–Trinajstić information content (AvgIpc) is 3.56. The molecule has 0 bridgehead atoms. The van der Waals surface area contributed by atoms with Gasteiger partial charge in [0, 0.05) is 12.1 Å². The molecule has 8 heteroatoms. The fraction of sp³-hybridized carbons (Fsp3) is 0.304. The van der Waals surface area contributed by atoms with Crippen LogP contribution in [0.4, 0.5) is 0 Å². The highest BCUT2D eigenvalue weighted by Crippen LogP contribution is 2.34. The van der Waals surface area contributed by atoms with Crippen molar-refractivity contribution in [1.29, 1.82) is 5.26 Å². The van der Waals surface area contributed by atoms with Crippen molar-refractivity contribution in [3.8, 4) is 6.07 Å². The molecule has 0 aromatic carbocycles. The van der Waals surface area contributed by atoms with Gasteiger partial charge >= 0.3 is 0 Å². The molecule has 2 aliphatic rings. The normalized spacial score (nSPS) is 17.8. The molecule has 31 heavy (non-hydrogen) atoms. The minimum atomic E-state index is -0.324. The largest absolute Gasteiger partial charge is 0.467 e. The molecule has 0 N–H and O–H groups in total. The first-order valence-corrected chi connectivity index (χ1v) is 11.2. The molecule has 156 valence electrons. The van der Waals surface area contributed by atoms with Gasteiger partial charge in [-0.25, -0.2) is 9.99 Å². The number of hydrogen-bond donors (Lipinski definition) is 0. The van der Waals surface area contributed by atoms with Crippen molar-refractivity contribution in [2.24, 2.45) is 5.10 Å². The first-order chi connectivity index (χ1) is 15.2. The lowest BCUT2D eigenvalue weighted by atomic mass is 9.95. The molecule has 4 heterocycles. The molecule has 0 radical (unpaired) electrons. The van der Waals surface area contributed by atoms with E-state index in [-0.39, 0.29) is 17.7 Å². The summed E-state index contributed by atoms with van der Waals surface area (Å²) in [5.41, 5.74) is 3.44. The van der Waals surface area contributed by atoms with Gasteiger partial charge in [0.05, 0.1) is 23.8 Å². The van der Waals surface area contributed by atoms with Crippen LogP contribution in [0.2, 0.25) is 0 Å². The highest BCUT2D eigenvalue weighted by molar-refractivity contribution is 8.00. The molecule has 0 saturated carbocycles. The second-order valence-electron chi connectivity index (χ2n) is 7.55. The highest BCUT2D eigenvalue weighted by Gasteiger charge is 2.35. The minimum absolute atomic E-state index is 0.132. The third-order valence-electron chi connectivity index (χ3n) is 5.56. The Morgan fingerprint density at radius 3 is 2.84 bits per heavy atom. The zero-order valence-electron chi connectivity index (χ0n) is 16.8. The molecule has 1 atom stereocenters. The van der Waals surface area contributed by atoms with Crippen LogP contribution in [0.5, 0.6) is 0 Å². The Kier molecular flexibility index (Phi) is 5.35. The van der Waals surface area contributed by atoms with Gasteiger partial charge in [-0.1, -0.05) is 11.8 Å². The third-order valence-corrected chi connectivity index (χ3v) is 6.54. The van der Waals surface area contributed by atoms with E-state index in [0.717, 1.165) is 36.9 Å².